The van der Waals surface area contributed by atoms with Crippen LogP contribution in [0.4, 0.5) is 40.8 Å². The molecule has 73 heavy (non-hydrogen) atoms. The van der Waals surface area contributed by atoms with E-state index in [-0.39, 0.29) is 47.9 Å². The topological polar surface area (TPSA) is 188 Å². The Morgan fingerprint density at radius 3 is 2.36 bits per heavy atom. The zero-order valence-electron chi connectivity index (χ0n) is 40.5. The fourth-order valence-electron chi connectivity index (χ4n) is 10.4. The lowest BCUT2D eigenvalue weighted by Crippen LogP contribution is -2.54. The second-order valence-electron chi connectivity index (χ2n) is 19.3. The second kappa shape index (κ2) is 20.7. The minimum absolute atomic E-state index is 0.0501. The SMILES string of the molecule is Cc1nc(N[C@H](C)c2cc(NC(=O)OCc3ccccc3)cc(C(F)(F)F)c2)c2cc(O[C@H]3CCOC3)c(N3CCN(CC4CCN(c5ccc6c(c5)C(=O)N(C5CCC(=O)NC5=O)C6=O)CC4)CC3)cc2n1. The third-order valence-corrected chi connectivity index (χ3v) is 14.3. The van der Waals surface area contributed by atoms with E-state index < -0.39 is 53.5 Å². The average molecular weight is 1000 g/mol. The molecule has 0 bridgehead atoms. The Morgan fingerprint density at radius 1 is 0.863 bits per heavy atom. The molecule has 17 nitrogen and oxygen atoms in total. The average Bonchev–Trinajstić information content (AvgIpc) is 3.98. The summed E-state index contributed by atoms with van der Waals surface area (Å²) in [5.41, 5.74) is 2.90. The molecule has 10 rings (SSSR count). The van der Waals surface area contributed by atoms with E-state index in [2.05, 4.69) is 30.7 Å². The first kappa shape index (κ1) is 49.3. The first-order chi connectivity index (χ1) is 35.1. The van der Waals surface area contributed by atoms with E-state index in [0.29, 0.717) is 47.4 Å². The maximum atomic E-state index is 14.3. The number of nitrogens with one attached hydrogen (secondary N) is 3. The monoisotopic (exact) mass is 1000 g/mol. The van der Waals surface area contributed by atoms with Crippen LogP contribution in [0.25, 0.3) is 10.9 Å². The molecule has 5 amide bonds. The number of rotatable bonds is 13. The number of piperazine rings is 1. The number of aromatic nitrogens is 2. The molecule has 3 atom stereocenters. The summed E-state index contributed by atoms with van der Waals surface area (Å²) in [6, 6.07) is 19.8. The Hall–Kier alpha value is -7.32. The van der Waals surface area contributed by atoms with Crippen LogP contribution in [0.5, 0.6) is 5.75 Å². The number of fused-ring (bicyclic) bond motifs is 2. The van der Waals surface area contributed by atoms with Crippen molar-refractivity contribution in [2.24, 2.45) is 5.92 Å². The van der Waals surface area contributed by atoms with Gasteiger partial charge in [0.1, 0.15) is 36.1 Å². The molecule has 5 aliphatic rings. The quantitative estimate of drug-likeness (QED) is 0.0985. The molecule has 5 aromatic rings. The van der Waals surface area contributed by atoms with Gasteiger partial charge in [-0.25, -0.2) is 14.8 Å². The van der Waals surface area contributed by atoms with Crippen molar-refractivity contribution in [2.75, 3.05) is 79.5 Å². The van der Waals surface area contributed by atoms with Crippen molar-refractivity contribution < 1.29 is 51.4 Å². The molecule has 0 radical (unpaired) electrons. The maximum Gasteiger partial charge on any atom is 0.416 e. The molecule has 0 saturated carbocycles. The fraction of sp³-hybridized carbons (Fsp3) is 0.415. The number of hydrogen-bond acceptors (Lipinski definition) is 14. The van der Waals surface area contributed by atoms with E-state index in [9.17, 15) is 37.1 Å². The Kier molecular flexibility index (Phi) is 13.9. The van der Waals surface area contributed by atoms with Crippen molar-refractivity contribution >= 4 is 63.5 Å². The summed E-state index contributed by atoms with van der Waals surface area (Å²) in [6.07, 6.45) is -2.97. The van der Waals surface area contributed by atoms with Gasteiger partial charge in [-0.2, -0.15) is 13.2 Å². The molecule has 0 aliphatic carbocycles. The van der Waals surface area contributed by atoms with Crippen LogP contribution in [0.3, 0.4) is 0 Å². The van der Waals surface area contributed by atoms with E-state index in [1.165, 1.54) is 6.07 Å². The molecule has 5 aliphatic heterocycles. The number of anilines is 4. The number of nitrogens with zero attached hydrogens (tertiary/aromatic N) is 6. The van der Waals surface area contributed by atoms with Crippen LogP contribution in [0, 0.1) is 12.8 Å². The van der Waals surface area contributed by atoms with Crippen molar-refractivity contribution in [1.29, 1.82) is 0 Å². The summed E-state index contributed by atoms with van der Waals surface area (Å²) >= 11 is 0. The van der Waals surface area contributed by atoms with E-state index in [1.807, 2.05) is 24.3 Å². The first-order valence-corrected chi connectivity index (χ1v) is 24.7. The number of amides is 5. The summed E-state index contributed by atoms with van der Waals surface area (Å²) < 4.78 is 60.4. The number of imide groups is 2. The van der Waals surface area contributed by atoms with Crippen LogP contribution >= 0.6 is 0 Å². The van der Waals surface area contributed by atoms with E-state index in [0.717, 1.165) is 99.0 Å². The lowest BCUT2D eigenvalue weighted by atomic mass is 9.95. The van der Waals surface area contributed by atoms with Crippen LogP contribution < -0.4 is 30.5 Å². The highest BCUT2D eigenvalue weighted by atomic mass is 19.4. The largest absolute Gasteiger partial charge is 0.486 e. The number of alkyl halides is 3. The van der Waals surface area contributed by atoms with Gasteiger partial charge < -0.3 is 29.3 Å². The number of halogens is 3. The molecule has 4 fully saturated rings. The molecule has 1 unspecified atom stereocenters. The van der Waals surface area contributed by atoms with Crippen molar-refractivity contribution in [1.82, 2.24) is 25.1 Å². The van der Waals surface area contributed by atoms with Crippen molar-refractivity contribution in [3.05, 3.63) is 113 Å². The molecule has 20 heteroatoms. The van der Waals surface area contributed by atoms with Gasteiger partial charge in [0.05, 0.1) is 47.2 Å². The number of ether oxygens (including phenoxy) is 3. The van der Waals surface area contributed by atoms with Gasteiger partial charge in [-0.15, -0.1) is 0 Å². The minimum Gasteiger partial charge on any atom is -0.486 e. The molecule has 0 spiro atoms. The molecule has 4 aromatic carbocycles. The minimum atomic E-state index is -4.69. The summed E-state index contributed by atoms with van der Waals surface area (Å²) in [4.78, 5) is 81.3. The van der Waals surface area contributed by atoms with Gasteiger partial charge in [0.25, 0.3) is 11.8 Å². The fourth-order valence-corrected chi connectivity index (χ4v) is 10.4. The van der Waals surface area contributed by atoms with Crippen LogP contribution in [0.1, 0.15) is 88.3 Å². The number of aryl methyl sites for hydroxylation is 1. The third kappa shape index (κ3) is 10.9. The van der Waals surface area contributed by atoms with Crippen LogP contribution in [0.2, 0.25) is 0 Å². The molecule has 1 aromatic heterocycles. The molecule has 382 valence electrons. The van der Waals surface area contributed by atoms with Gasteiger partial charge in [-0.1, -0.05) is 30.3 Å². The molecular weight excluding hydrogens is 948 g/mol. The smallest absolute Gasteiger partial charge is 0.416 e. The van der Waals surface area contributed by atoms with Crippen molar-refractivity contribution in [3.8, 4) is 5.75 Å². The molecule has 4 saturated heterocycles. The highest BCUT2D eigenvalue weighted by Gasteiger charge is 2.45. The van der Waals surface area contributed by atoms with Gasteiger partial charge in [0.2, 0.25) is 11.8 Å². The van der Waals surface area contributed by atoms with Gasteiger partial charge in [-0.05, 0) is 98.7 Å². The van der Waals surface area contributed by atoms with Crippen LogP contribution in [0.15, 0.2) is 78.9 Å². The number of carbonyl (C=O) groups is 5. The van der Waals surface area contributed by atoms with Gasteiger partial charge in [0.15, 0.2) is 0 Å². The predicted octanol–water partition coefficient (Wildman–Crippen LogP) is 7.49. The molecular formula is C53H56F3N9O8. The van der Waals surface area contributed by atoms with Gasteiger partial charge in [-0.3, -0.25) is 39.6 Å². The standard InChI is InChI=1S/C53H56F3N9O8/c1-31(35-22-36(53(54,55)56)24-37(23-35)60-52(70)72-29-34-6-4-3-5-7-34)57-48-42-26-46(73-39-14-21-71-30-39)45(27-43(42)58-32(2)59-48)64-19-17-62(18-20-64)28-33-12-15-63(16-13-33)38-8-9-40-41(25-38)51(69)65(50(40)68)44-10-11-47(66)61-49(44)67/h3-9,22-27,31,33,39,44H,10-21,28-30H2,1-2H3,(H,60,70)(H,57,58,59)(H,61,66,67)/t31-,39+,44?/m1/s1. The Labute approximate surface area is 419 Å². The maximum absolute atomic E-state index is 14.3. The van der Waals surface area contributed by atoms with Crippen molar-refractivity contribution in [3.63, 3.8) is 0 Å². The van der Waals surface area contributed by atoms with Crippen molar-refractivity contribution in [2.45, 2.75) is 76.9 Å². The summed E-state index contributed by atoms with van der Waals surface area (Å²) in [7, 11) is 0. The number of carbonyl (C=O) groups excluding carboxylic acids is 5. The Bertz CT molecular complexity index is 2940. The van der Waals surface area contributed by atoms with Gasteiger partial charge >= 0.3 is 12.3 Å². The first-order valence-electron chi connectivity index (χ1n) is 24.7. The summed E-state index contributed by atoms with van der Waals surface area (Å²) in [6.45, 7) is 10.1. The summed E-state index contributed by atoms with van der Waals surface area (Å²) in [5.74, 6) is -0.115. The lowest BCUT2D eigenvalue weighted by Gasteiger charge is -2.40. The highest BCUT2D eigenvalue weighted by Crippen LogP contribution is 2.40. The predicted molar refractivity (Wildman–Crippen MR) is 265 cm³/mol. The number of benzene rings is 4. The summed E-state index contributed by atoms with van der Waals surface area (Å²) in [5, 5.41) is 8.68. The van der Waals surface area contributed by atoms with Crippen LogP contribution in [-0.2, 0) is 31.8 Å². The Morgan fingerprint density at radius 2 is 1.63 bits per heavy atom. The van der Waals surface area contributed by atoms with E-state index in [4.69, 9.17) is 24.2 Å². The van der Waals surface area contributed by atoms with E-state index in [1.54, 1.807) is 50.2 Å². The molecule has 3 N–H and O–H groups in total. The zero-order chi connectivity index (χ0) is 51.0. The highest BCUT2D eigenvalue weighted by molar-refractivity contribution is 6.23. The normalized spacial score (nSPS) is 20.3. The third-order valence-electron chi connectivity index (χ3n) is 14.3. The van der Waals surface area contributed by atoms with Crippen LogP contribution in [-0.4, -0.2) is 121 Å². The Balaban J connectivity index is 0.794. The lowest BCUT2D eigenvalue weighted by molar-refractivity contribution is -0.138. The number of hydrogen-bond donors (Lipinski definition) is 3. The molecule has 6 heterocycles. The van der Waals surface area contributed by atoms with Gasteiger partial charge in [0, 0.05) is 75.4 Å². The second-order valence-corrected chi connectivity index (χ2v) is 19.3. The zero-order valence-corrected chi connectivity index (χ0v) is 40.5. The number of piperidine rings is 2. The van der Waals surface area contributed by atoms with E-state index >= 15 is 0 Å².